The van der Waals surface area contributed by atoms with Gasteiger partial charge in [0.15, 0.2) is 0 Å². The molecule has 0 bridgehead atoms. The fourth-order valence-corrected chi connectivity index (χ4v) is 6.71. The van der Waals surface area contributed by atoms with Crippen LogP contribution in [0.1, 0.15) is 47.9 Å². The van der Waals surface area contributed by atoms with Gasteiger partial charge >= 0.3 is 5.97 Å². The molecule has 0 radical (unpaired) electrons. The van der Waals surface area contributed by atoms with Crippen LogP contribution in [0.15, 0.2) is 54.6 Å². The lowest BCUT2D eigenvalue weighted by atomic mass is 9.94. The van der Waals surface area contributed by atoms with Gasteiger partial charge in [-0.25, -0.2) is 4.39 Å². The maximum atomic E-state index is 15.1. The molecule has 2 aliphatic rings. The molecule has 1 aliphatic carbocycles. The molecule has 0 N–H and O–H groups in total. The number of hydrogen-bond acceptors (Lipinski definition) is 5. The molecule has 7 heteroatoms. The van der Waals surface area contributed by atoms with Gasteiger partial charge in [-0.15, -0.1) is 0 Å². The number of esters is 1. The van der Waals surface area contributed by atoms with E-state index in [-0.39, 0.29) is 18.4 Å². The summed E-state index contributed by atoms with van der Waals surface area (Å²) in [7, 11) is 0.726. The highest BCUT2D eigenvalue weighted by Gasteiger charge is 2.21. The van der Waals surface area contributed by atoms with Gasteiger partial charge in [0.1, 0.15) is 23.9 Å². The first-order valence-electron chi connectivity index (χ1n) is 13.7. The lowest BCUT2D eigenvalue weighted by molar-refractivity contribution is -0.140. The number of methoxy groups -OCH3 is 1. The van der Waals surface area contributed by atoms with Gasteiger partial charge in [0.05, 0.1) is 13.7 Å². The number of hydrogen-bond donors (Lipinski definition) is 0. The zero-order valence-corrected chi connectivity index (χ0v) is 23.2. The highest BCUT2D eigenvalue weighted by Crippen LogP contribution is 2.36. The predicted molar refractivity (Wildman–Crippen MR) is 151 cm³/mol. The van der Waals surface area contributed by atoms with E-state index in [1.165, 1.54) is 12.7 Å². The molecule has 5 nitrogen and oxygen atoms in total. The third-order valence-electron chi connectivity index (χ3n) is 7.69. The van der Waals surface area contributed by atoms with Gasteiger partial charge < -0.3 is 14.2 Å². The lowest BCUT2D eigenvalue weighted by Gasteiger charge is -2.22. The molecule has 3 aromatic rings. The first-order valence-corrected chi connectivity index (χ1v) is 15.2. The first-order chi connectivity index (χ1) is 19.0. The summed E-state index contributed by atoms with van der Waals surface area (Å²) in [5, 5.41) is 0. The summed E-state index contributed by atoms with van der Waals surface area (Å²) in [6.45, 7) is 0.787. The quantitative estimate of drug-likeness (QED) is 0.297. The van der Waals surface area contributed by atoms with E-state index in [4.69, 9.17) is 14.2 Å². The van der Waals surface area contributed by atoms with Crippen molar-refractivity contribution in [1.82, 2.24) is 0 Å². The van der Waals surface area contributed by atoms with Crippen LogP contribution < -0.4 is 9.47 Å². The molecule has 0 saturated carbocycles. The fourth-order valence-electron chi connectivity index (χ4n) is 5.31. The van der Waals surface area contributed by atoms with Gasteiger partial charge in [-0.1, -0.05) is 18.2 Å². The van der Waals surface area contributed by atoms with Gasteiger partial charge in [0, 0.05) is 34.3 Å². The van der Waals surface area contributed by atoms with E-state index in [1.54, 1.807) is 6.07 Å². The smallest absolute Gasteiger partial charge is 0.305 e. The van der Waals surface area contributed by atoms with Crippen LogP contribution in [0, 0.1) is 11.7 Å². The molecule has 39 heavy (non-hydrogen) atoms. The molecule has 0 aromatic heterocycles. The van der Waals surface area contributed by atoms with Crippen LogP contribution in [0.5, 0.6) is 11.5 Å². The Balaban J connectivity index is 1.26. The topological polar surface area (TPSA) is 61.8 Å². The summed E-state index contributed by atoms with van der Waals surface area (Å²) in [4.78, 5) is 11.4. The van der Waals surface area contributed by atoms with Crippen LogP contribution in [0.2, 0.25) is 0 Å². The van der Waals surface area contributed by atoms with Crippen molar-refractivity contribution in [3.63, 3.8) is 0 Å². The second-order valence-electron chi connectivity index (χ2n) is 10.4. The van der Waals surface area contributed by atoms with Crippen molar-refractivity contribution in [2.45, 2.75) is 51.6 Å². The molecule has 0 atom stereocenters. The van der Waals surface area contributed by atoms with E-state index >= 15 is 4.39 Å². The Morgan fingerprint density at radius 1 is 0.923 bits per heavy atom. The predicted octanol–water partition coefficient (Wildman–Crippen LogP) is 6.20. The summed E-state index contributed by atoms with van der Waals surface area (Å²) >= 11 is 0. The van der Waals surface area contributed by atoms with Crippen molar-refractivity contribution in [3.8, 4) is 22.6 Å². The zero-order chi connectivity index (χ0) is 27.2. The molecule has 1 saturated heterocycles. The van der Waals surface area contributed by atoms with Crippen LogP contribution in [-0.4, -0.2) is 35.4 Å². The Morgan fingerprint density at radius 2 is 1.64 bits per heavy atom. The summed E-state index contributed by atoms with van der Waals surface area (Å²) in [5.41, 5.74) is 5.96. The number of benzene rings is 3. The Morgan fingerprint density at radius 3 is 2.38 bits per heavy atom. The Kier molecular flexibility index (Phi) is 8.97. The molecule has 1 aliphatic heterocycles. The second-order valence-corrected chi connectivity index (χ2v) is 12.1. The van der Waals surface area contributed by atoms with E-state index < -0.39 is 10.8 Å². The van der Waals surface area contributed by atoms with Gasteiger partial charge in [-0.3, -0.25) is 9.00 Å². The summed E-state index contributed by atoms with van der Waals surface area (Å²) in [6, 6.07) is 17.4. The molecule has 0 unspecified atom stereocenters. The number of fused-ring (bicyclic) bond motifs is 3. The Hall–Kier alpha value is -3.19. The van der Waals surface area contributed by atoms with E-state index in [1.807, 2.05) is 36.4 Å². The van der Waals surface area contributed by atoms with Crippen LogP contribution in [-0.2, 0) is 46.2 Å². The summed E-state index contributed by atoms with van der Waals surface area (Å²) in [6.07, 6.45) is 5.54. The summed E-state index contributed by atoms with van der Waals surface area (Å²) < 4.78 is 43.5. The number of rotatable bonds is 9. The van der Waals surface area contributed by atoms with Crippen molar-refractivity contribution in [2.75, 3.05) is 25.2 Å². The molecule has 3 aromatic carbocycles. The number of halogens is 1. The second kappa shape index (κ2) is 12.8. The minimum atomic E-state index is -0.659. The number of aryl methyl sites for hydroxylation is 3. The highest BCUT2D eigenvalue weighted by atomic mass is 32.2. The summed E-state index contributed by atoms with van der Waals surface area (Å²) in [5.74, 6) is 3.05. The van der Waals surface area contributed by atoms with Crippen molar-refractivity contribution in [1.29, 1.82) is 0 Å². The molecular weight excluding hydrogens is 515 g/mol. The van der Waals surface area contributed by atoms with Crippen molar-refractivity contribution in [2.24, 2.45) is 5.92 Å². The minimum Gasteiger partial charge on any atom is -0.493 e. The Bertz CT molecular complexity index is 1330. The van der Waals surface area contributed by atoms with E-state index in [0.717, 1.165) is 71.6 Å². The SMILES string of the molecule is COC(=O)CCc1ccc(OCc2cc3c(cc2F)CCCc2cc(OCC4CCS(=O)CC4)ccc2-3)cc1. The largest absolute Gasteiger partial charge is 0.493 e. The van der Waals surface area contributed by atoms with Crippen LogP contribution in [0.25, 0.3) is 11.1 Å². The average Bonchev–Trinajstić information content (AvgIpc) is 3.13. The monoisotopic (exact) mass is 550 g/mol. The number of carbonyl (C=O) groups is 1. The molecule has 1 heterocycles. The molecule has 5 rings (SSSR count). The third kappa shape index (κ3) is 7.07. The average molecular weight is 551 g/mol. The van der Waals surface area contributed by atoms with Crippen LogP contribution in [0.4, 0.5) is 4.39 Å². The van der Waals surface area contributed by atoms with Gasteiger partial charge in [0.25, 0.3) is 0 Å². The van der Waals surface area contributed by atoms with E-state index in [2.05, 4.69) is 12.1 Å². The maximum Gasteiger partial charge on any atom is 0.305 e. The molecule has 0 spiro atoms. The minimum absolute atomic E-state index is 0.128. The fraction of sp³-hybridized carbons (Fsp3) is 0.406. The van der Waals surface area contributed by atoms with Crippen molar-refractivity contribution >= 4 is 16.8 Å². The standard InChI is InChI=1S/C32H35FO5S/c1-36-32(34)12-7-22-5-8-27(9-6-22)38-21-26-18-30-25(19-31(26)33)4-2-3-24-17-28(10-11-29(24)30)37-20-23-13-15-39(35)16-14-23/h5-6,8-11,17-19,23H,2-4,7,12-16,20-21H2,1H3. The molecule has 1 fully saturated rings. The van der Waals surface area contributed by atoms with Gasteiger partial charge in [-0.2, -0.15) is 0 Å². The molecule has 206 valence electrons. The van der Waals surface area contributed by atoms with E-state index in [0.29, 0.717) is 36.7 Å². The maximum absolute atomic E-state index is 15.1. The Labute approximate surface area is 232 Å². The first kappa shape index (κ1) is 27.4. The molecule has 0 amide bonds. The molecular formula is C32H35FO5S. The lowest BCUT2D eigenvalue weighted by Crippen LogP contribution is -2.23. The number of carbonyl (C=O) groups excluding carboxylic acids is 1. The zero-order valence-electron chi connectivity index (χ0n) is 22.4. The van der Waals surface area contributed by atoms with Crippen LogP contribution in [0.3, 0.4) is 0 Å². The van der Waals surface area contributed by atoms with E-state index in [9.17, 15) is 9.00 Å². The van der Waals surface area contributed by atoms with Gasteiger partial charge in [-0.05, 0) is 109 Å². The van der Waals surface area contributed by atoms with Crippen LogP contribution >= 0.6 is 0 Å². The third-order valence-corrected chi connectivity index (χ3v) is 9.07. The number of ether oxygens (including phenoxy) is 3. The van der Waals surface area contributed by atoms with Crippen molar-refractivity contribution in [3.05, 3.63) is 82.7 Å². The normalized spacial score (nSPS) is 18.4. The highest BCUT2D eigenvalue weighted by molar-refractivity contribution is 7.85. The van der Waals surface area contributed by atoms with Gasteiger partial charge in [0.2, 0.25) is 0 Å². The van der Waals surface area contributed by atoms with Crippen molar-refractivity contribution < 1.29 is 27.6 Å².